The molecule has 0 atom stereocenters. The second-order valence-corrected chi connectivity index (χ2v) is 10.2. The van der Waals surface area contributed by atoms with Crippen molar-refractivity contribution in [2.75, 3.05) is 0 Å². The van der Waals surface area contributed by atoms with Gasteiger partial charge in [-0.05, 0) is 97.4 Å². The molecule has 178 valence electrons. The second kappa shape index (κ2) is 7.72. The van der Waals surface area contributed by atoms with Gasteiger partial charge in [0.15, 0.2) is 0 Å². The van der Waals surface area contributed by atoms with E-state index in [4.69, 9.17) is 0 Å². The lowest BCUT2D eigenvalue weighted by Crippen LogP contribution is -2.36. The van der Waals surface area contributed by atoms with Gasteiger partial charge < -0.3 is 10.2 Å². The van der Waals surface area contributed by atoms with Crippen molar-refractivity contribution < 1.29 is 10.2 Å². The van der Waals surface area contributed by atoms with Gasteiger partial charge in [0.2, 0.25) is 0 Å². The monoisotopic (exact) mass is 478 g/mol. The lowest BCUT2D eigenvalue weighted by Gasteiger charge is -2.37. The zero-order chi connectivity index (χ0) is 25.3. The summed E-state index contributed by atoms with van der Waals surface area (Å²) in [6.07, 6.45) is 8.96. The van der Waals surface area contributed by atoms with Crippen LogP contribution in [0.15, 0.2) is 109 Å². The van der Waals surface area contributed by atoms with E-state index in [0.29, 0.717) is 0 Å². The van der Waals surface area contributed by atoms with Crippen LogP contribution in [0, 0.1) is 13.8 Å². The third-order valence-electron chi connectivity index (χ3n) is 8.13. The van der Waals surface area contributed by atoms with Crippen LogP contribution in [0.4, 0.5) is 0 Å². The third kappa shape index (κ3) is 2.93. The summed E-state index contributed by atoms with van der Waals surface area (Å²) in [4.78, 5) is 0. The van der Waals surface area contributed by atoms with E-state index in [9.17, 15) is 10.2 Å². The van der Waals surface area contributed by atoms with Crippen molar-refractivity contribution in [1.82, 2.24) is 0 Å². The minimum absolute atomic E-state index is 0.288. The van der Waals surface area contributed by atoms with Crippen LogP contribution in [0.1, 0.15) is 22.3 Å². The number of hydrogen-bond acceptors (Lipinski definition) is 2. The van der Waals surface area contributed by atoms with Crippen molar-refractivity contribution in [2.45, 2.75) is 19.3 Å². The van der Waals surface area contributed by atoms with Crippen LogP contribution in [0.2, 0.25) is 0 Å². The molecule has 0 amide bonds. The first kappa shape index (κ1) is 21.7. The Bertz CT molecular complexity index is 1920. The van der Waals surface area contributed by atoms with E-state index in [-0.39, 0.29) is 11.5 Å². The van der Waals surface area contributed by atoms with Crippen molar-refractivity contribution in [2.24, 2.45) is 0 Å². The Morgan fingerprint density at radius 2 is 1.16 bits per heavy atom. The SMILES string of the molecule is Cc1cc(C2(c3ccc(O)c(C)c3)C=CC=C3C=c4c(c5ccccc5c5ccccc45)=C32)ccc1O. The highest BCUT2D eigenvalue weighted by molar-refractivity contribution is 6.12. The Morgan fingerprint density at radius 3 is 1.76 bits per heavy atom. The van der Waals surface area contributed by atoms with Gasteiger partial charge in [-0.2, -0.15) is 0 Å². The molecule has 0 heterocycles. The molecular weight excluding hydrogens is 452 g/mol. The number of allylic oxidation sites excluding steroid dienone is 4. The molecule has 0 radical (unpaired) electrons. The molecule has 5 aromatic rings. The summed E-state index contributed by atoms with van der Waals surface area (Å²) in [6.45, 7) is 3.89. The summed E-state index contributed by atoms with van der Waals surface area (Å²) in [5.41, 5.74) is 5.67. The maximum atomic E-state index is 10.4. The highest BCUT2D eigenvalue weighted by atomic mass is 16.3. The first-order valence-corrected chi connectivity index (χ1v) is 12.6. The van der Waals surface area contributed by atoms with Gasteiger partial charge in [0, 0.05) is 0 Å². The average Bonchev–Trinajstić information content (AvgIpc) is 3.33. The summed E-state index contributed by atoms with van der Waals surface area (Å²) < 4.78 is 0. The fourth-order valence-electron chi connectivity index (χ4n) is 6.34. The number of phenols is 2. The topological polar surface area (TPSA) is 40.5 Å². The van der Waals surface area contributed by atoms with Gasteiger partial charge in [-0.1, -0.05) is 91.0 Å². The molecule has 2 N–H and O–H groups in total. The van der Waals surface area contributed by atoms with Crippen molar-refractivity contribution >= 4 is 33.2 Å². The molecule has 0 bridgehead atoms. The number of phenolic OH excluding ortho intramolecular Hbond substituents is 2. The van der Waals surface area contributed by atoms with Crippen LogP contribution in [0.3, 0.4) is 0 Å². The summed E-state index contributed by atoms with van der Waals surface area (Å²) in [7, 11) is 0. The maximum absolute atomic E-state index is 10.4. The van der Waals surface area contributed by atoms with Gasteiger partial charge in [0.1, 0.15) is 11.5 Å². The molecule has 0 fully saturated rings. The van der Waals surface area contributed by atoms with E-state index in [1.807, 2.05) is 26.0 Å². The van der Waals surface area contributed by atoms with Crippen molar-refractivity contribution in [3.63, 3.8) is 0 Å². The Morgan fingerprint density at radius 1 is 0.622 bits per heavy atom. The second-order valence-electron chi connectivity index (χ2n) is 10.2. The van der Waals surface area contributed by atoms with E-state index in [2.05, 4.69) is 85.0 Å². The summed E-state index contributed by atoms with van der Waals surface area (Å²) in [6, 6.07) is 29.2. The molecule has 37 heavy (non-hydrogen) atoms. The van der Waals surface area contributed by atoms with Crippen molar-refractivity contribution in [3.05, 3.63) is 141 Å². The molecule has 2 aliphatic carbocycles. The first-order chi connectivity index (χ1) is 18.0. The molecule has 2 aliphatic rings. The number of aromatic hydroxyl groups is 2. The fourth-order valence-corrected chi connectivity index (χ4v) is 6.34. The van der Waals surface area contributed by atoms with Crippen LogP contribution < -0.4 is 10.4 Å². The smallest absolute Gasteiger partial charge is 0.118 e. The Hall–Kier alpha value is -4.56. The van der Waals surface area contributed by atoms with Crippen LogP contribution in [0.25, 0.3) is 33.2 Å². The zero-order valence-corrected chi connectivity index (χ0v) is 20.8. The molecule has 0 spiro atoms. The zero-order valence-electron chi connectivity index (χ0n) is 20.8. The Kier molecular flexibility index (Phi) is 4.53. The number of benzene rings is 5. The minimum atomic E-state index is -0.603. The van der Waals surface area contributed by atoms with Gasteiger partial charge >= 0.3 is 0 Å². The van der Waals surface area contributed by atoms with E-state index in [1.165, 1.54) is 43.1 Å². The van der Waals surface area contributed by atoms with Crippen LogP contribution in [0.5, 0.6) is 11.5 Å². The minimum Gasteiger partial charge on any atom is -0.508 e. The van der Waals surface area contributed by atoms with Gasteiger partial charge in [-0.25, -0.2) is 0 Å². The predicted octanol–water partition coefficient (Wildman–Crippen LogP) is 6.45. The highest BCUT2D eigenvalue weighted by Crippen LogP contribution is 2.49. The summed E-state index contributed by atoms with van der Waals surface area (Å²) in [5, 5.41) is 28.3. The molecule has 0 saturated carbocycles. The molecular formula is C35H26O2. The van der Waals surface area contributed by atoms with Gasteiger partial charge in [-0.3, -0.25) is 0 Å². The molecule has 2 heteroatoms. The Labute approximate surface area is 215 Å². The number of fused-ring (bicyclic) bond motifs is 7. The number of rotatable bonds is 2. The van der Waals surface area contributed by atoms with E-state index < -0.39 is 5.41 Å². The standard InChI is InChI=1S/C35H26O2/c1-21-18-24(13-15-31(21)36)35(25-14-16-32(37)22(2)19-25)17-7-8-23-20-30-28-11-4-3-9-26(28)27-10-5-6-12-29(27)33(30)34(23)35/h3-20,36-37H,1-2H3. The average molecular weight is 479 g/mol. The molecule has 0 aliphatic heterocycles. The number of aryl methyl sites for hydroxylation is 2. The van der Waals surface area contributed by atoms with E-state index in [1.54, 1.807) is 12.1 Å². The van der Waals surface area contributed by atoms with E-state index in [0.717, 1.165) is 22.3 Å². The molecule has 2 nitrogen and oxygen atoms in total. The molecule has 5 aromatic carbocycles. The molecule has 0 saturated heterocycles. The first-order valence-electron chi connectivity index (χ1n) is 12.6. The largest absolute Gasteiger partial charge is 0.508 e. The summed E-state index contributed by atoms with van der Waals surface area (Å²) >= 11 is 0. The fraction of sp³-hybridized carbons (Fsp3) is 0.0857. The summed E-state index contributed by atoms with van der Waals surface area (Å²) in [5.74, 6) is 0.576. The van der Waals surface area contributed by atoms with Crippen LogP contribution in [-0.2, 0) is 5.41 Å². The third-order valence-corrected chi connectivity index (χ3v) is 8.13. The highest BCUT2D eigenvalue weighted by Gasteiger charge is 2.41. The maximum Gasteiger partial charge on any atom is 0.118 e. The quantitative estimate of drug-likeness (QED) is 0.286. The van der Waals surface area contributed by atoms with Gasteiger partial charge in [0.05, 0.1) is 5.41 Å². The lowest BCUT2D eigenvalue weighted by atomic mass is 9.64. The van der Waals surface area contributed by atoms with E-state index >= 15 is 0 Å². The molecule has 7 rings (SSSR count). The predicted molar refractivity (Wildman–Crippen MR) is 152 cm³/mol. The number of hydrogen-bond donors (Lipinski definition) is 2. The van der Waals surface area contributed by atoms with Crippen molar-refractivity contribution in [1.29, 1.82) is 0 Å². The normalized spacial score (nSPS) is 15.4. The Balaban J connectivity index is 1.74. The lowest BCUT2D eigenvalue weighted by molar-refractivity contribution is 0.470. The van der Waals surface area contributed by atoms with Crippen LogP contribution >= 0.6 is 0 Å². The molecule has 0 unspecified atom stereocenters. The molecule has 0 aromatic heterocycles. The van der Waals surface area contributed by atoms with Gasteiger partial charge in [0.25, 0.3) is 0 Å². The van der Waals surface area contributed by atoms with Gasteiger partial charge in [-0.15, -0.1) is 0 Å². The van der Waals surface area contributed by atoms with Crippen LogP contribution in [-0.4, -0.2) is 10.2 Å². The van der Waals surface area contributed by atoms with Crippen molar-refractivity contribution in [3.8, 4) is 11.5 Å².